The third-order valence-electron chi connectivity index (χ3n) is 4.64. The number of nitrogens with zero attached hydrogens (tertiary/aromatic N) is 2. The molecule has 0 saturated carbocycles. The summed E-state index contributed by atoms with van der Waals surface area (Å²) >= 11 is 11.3. The SMILES string of the molecule is Cc1ccc(Cl)c2sc(N(CC3CCCO3)C(=O)c3cccc(Br)c3)nc12. The maximum Gasteiger partial charge on any atom is 0.260 e. The van der Waals surface area contributed by atoms with Gasteiger partial charge < -0.3 is 4.74 Å². The van der Waals surface area contributed by atoms with E-state index in [0.29, 0.717) is 22.3 Å². The highest BCUT2D eigenvalue weighted by Gasteiger charge is 2.27. The van der Waals surface area contributed by atoms with Crippen LogP contribution < -0.4 is 4.90 Å². The second-order valence-corrected chi connectivity index (χ2v) is 8.90. The van der Waals surface area contributed by atoms with Crippen LogP contribution in [0.15, 0.2) is 40.9 Å². The van der Waals surface area contributed by atoms with Gasteiger partial charge >= 0.3 is 0 Å². The fourth-order valence-electron chi connectivity index (χ4n) is 3.22. The number of hydrogen-bond donors (Lipinski definition) is 0. The summed E-state index contributed by atoms with van der Waals surface area (Å²) in [6.07, 6.45) is 2.01. The number of aromatic nitrogens is 1. The van der Waals surface area contributed by atoms with E-state index in [9.17, 15) is 4.79 Å². The first-order valence-electron chi connectivity index (χ1n) is 8.77. The highest BCUT2D eigenvalue weighted by Crippen LogP contribution is 2.36. The zero-order valence-electron chi connectivity index (χ0n) is 14.7. The number of ether oxygens (including phenoxy) is 1. The maximum atomic E-state index is 13.3. The van der Waals surface area contributed by atoms with E-state index < -0.39 is 0 Å². The molecule has 27 heavy (non-hydrogen) atoms. The average molecular weight is 466 g/mol. The number of thiazole rings is 1. The van der Waals surface area contributed by atoms with Crippen LogP contribution in [0.1, 0.15) is 28.8 Å². The Bertz CT molecular complexity index is 962. The summed E-state index contributed by atoms with van der Waals surface area (Å²) < 4.78 is 7.56. The van der Waals surface area contributed by atoms with E-state index in [1.54, 1.807) is 4.90 Å². The first kappa shape index (κ1) is 18.9. The van der Waals surface area contributed by atoms with Crippen LogP contribution >= 0.6 is 38.9 Å². The fraction of sp³-hybridized carbons (Fsp3) is 0.300. The molecule has 0 aliphatic carbocycles. The number of carbonyl (C=O) groups excluding carboxylic acids is 1. The Labute approximate surface area is 175 Å². The Morgan fingerprint density at radius 3 is 2.96 bits per heavy atom. The minimum Gasteiger partial charge on any atom is -0.376 e. The van der Waals surface area contributed by atoms with Gasteiger partial charge in [0.05, 0.1) is 27.9 Å². The molecule has 1 unspecified atom stereocenters. The zero-order valence-corrected chi connectivity index (χ0v) is 17.9. The third-order valence-corrected chi connectivity index (χ3v) is 6.68. The van der Waals surface area contributed by atoms with Crippen LogP contribution in [0, 0.1) is 6.92 Å². The number of aryl methyl sites for hydroxylation is 1. The standard InChI is InChI=1S/C20H18BrClN2O2S/c1-12-7-8-16(22)18-17(12)23-20(27-18)24(11-15-6-3-9-26-15)19(25)13-4-2-5-14(21)10-13/h2,4-5,7-8,10,15H,3,6,9,11H2,1H3. The summed E-state index contributed by atoms with van der Waals surface area (Å²) in [5.74, 6) is -0.0837. The average Bonchev–Trinajstić information content (AvgIpc) is 3.32. The Balaban J connectivity index is 1.76. The van der Waals surface area contributed by atoms with Crippen LogP contribution in [-0.4, -0.2) is 30.1 Å². The lowest BCUT2D eigenvalue weighted by atomic mass is 10.2. The van der Waals surface area contributed by atoms with Crippen LogP contribution in [0.3, 0.4) is 0 Å². The first-order valence-corrected chi connectivity index (χ1v) is 10.8. The van der Waals surface area contributed by atoms with E-state index in [-0.39, 0.29) is 12.0 Å². The first-order chi connectivity index (χ1) is 13.0. The molecule has 1 aliphatic rings. The van der Waals surface area contributed by atoms with Gasteiger partial charge in [-0.2, -0.15) is 0 Å². The predicted octanol–water partition coefficient (Wildman–Crippen LogP) is 5.85. The normalized spacial score (nSPS) is 16.8. The number of halogens is 2. The molecule has 0 bridgehead atoms. The molecule has 0 radical (unpaired) electrons. The Kier molecular flexibility index (Phi) is 5.50. The molecule has 1 fully saturated rings. The van der Waals surface area contributed by atoms with Gasteiger partial charge in [0.2, 0.25) is 0 Å². The molecule has 7 heteroatoms. The van der Waals surface area contributed by atoms with Crippen molar-refractivity contribution in [1.82, 2.24) is 4.98 Å². The van der Waals surface area contributed by atoms with Crippen molar-refractivity contribution in [3.8, 4) is 0 Å². The lowest BCUT2D eigenvalue weighted by Gasteiger charge is -2.23. The number of fused-ring (bicyclic) bond motifs is 1. The van der Waals surface area contributed by atoms with Crippen LogP contribution in [0.2, 0.25) is 5.02 Å². The summed E-state index contributed by atoms with van der Waals surface area (Å²) in [5.41, 5.74) is 2.51. The van der Waals surface area contributed by atoms with Crippen LogP contribution in [0.4, 0.5) is 5.13 Å². The molecule has 0 N–H and O–H groups in total. The second kappa shape index (κ2) is 7.87. The highest BCUT2D eigenvalue weighted by atomic mass is 79.9. The van der Waals surface area contributed by atoms with E-state index in [1.165, 1.54) is 11.3 Å². The maximum absolute atomic E-state index is 13.3. The van der Waals surface area contributed by atoms with Gasteiger partial charge in [-0.15, -0.1) is 0 Å². The van der Waals surface area contributed by atoms with E-state index in [2.05, 4.69) is 15.9 Å². The van der Waals surface area contributed by atoms with E-state index >= 15 is 0 Å². The highest BCUT2D eigenvalue weighted by molar-refractivity contribution is 9.10. The van der Waals surface area contributed by atoms with E-state index in [4.69, 9.17) is 21.3 Å². The molecule has 1 atom stereocenters. The van der Waals surface area contributed by atoms with Crippen LogP contribution in [0.5, 0.6) is 0 Å². The van der Waals surface area contributed by atoms with Crippen molar-refractivity contribution >= 4 is 60.1 Å². The molecule has 0 spiro atoms. The monoisotopic (exact) mass is 464 g/mol. The Morgan fingerprint density at radius 1 is 1.41 bits per heavy atom. The minimum atomic E-state index is -0.0837. The van der Waals surface area contributed by atoms with Crippen molar-refractivity contribution in [3.05, 3.63) is 57.0 Å². The quantitative estimate of drug-likeness (QED) is 0.485. The van der Waals surface area contributed by atoms with Gasteiger partial charge in [0, 0.05) is 16.6 Å². The number of benzene rings is 2. The summed E-state index contributed by atoms with van der Waals surface area (Å²) in [6, 6.07) is 11.2. The molecule has 2 aromatic carbocycles. The van der Waals surface area contributed by atoms with Gasteiger partial charge in [0.25, 0.3) is 5.91 Å². The molecule has 4 rings (SSSR count). The van der Waals surface area contributed by atoms with Gasteiger partial charge in [-0.3, -0.25) is 9.69 Å². The molecular weight excluding hydrogens is 448 g/mol. The van der Waals surface area contributed by atoms with E-state index in [1.807, 2.05) is 43.3 Å². The molecular formula is C20H18BrClN2O2S. The van der Waals surface area contributed by atoms with Gasteiger partial charge in [0.1, 0.15) is 0 Å². The Hall–Kier alpha value is -1.47. The molecule has 1 saturated heterocycles. The van der Waals surface area contributed by atoms with Crippen molar-refractivity contribution in [3.63, 3.8) is 0 Å². The molecule has 1 aromatic heterocycles. The lowest BCUT2D eigenvalue weighted by Crippen LogP contribution is -2.37. The minimum absolute atomic E-state index is 0.0321. The van der Waals surface area contributed by atoms with Crippen molar-refractivity contribution < 1.29 is 9.53 Å². The molecule has 140 valence electrons. The summed E-state index contributed by atoms with van der Waals surface area (Å²) in [6.45, 7) is 3.24. The number of rotatable bonds is 4. The van der Waals surface area contributed by atoms with Crippen molar-refractivity contribution in [1.29, 1.82) is 0 Å². The predicted molar refractivity (Wildman–Crippen MR) is 114 cm³/mol. The Morgan fingerprint density at radius 2 is 2.26 bits per heavy atom. The third kappa shape index (κ3) is 3.90. The number of anilines is 1. The van der Waals surface area contributed by atoms with Gasteiger partial charge in [-0.1, -0.05) is 51.0 Å². The number of carbonyl (C=O) groups is 1. The molecule has 2 heterocycles. The van der Waals surface area contributed by atoms with Crippen molar-refractivity contribution in [2.24, 2.45) is 0 Å². The molecule has 1 aliphatic heterocycles. The summed E-state index contributed by atoms with van der Waals surface area (Å²) in [5, 5.41) is 1.31. The number of amides is 1. The van der Waals surface area contributed by atoms with Crippen molar-refractivity contribution in [2.75, 3.05) is 18.1 Å². The van der Waals surface area contributed by atoms with Gasteiger partial charge in [0.15, 0.2) is 5.13 Å². The van der Waals surface area contributed by atoms with Crippen molar-refractivity contribution in [2.45, 2.75) is 25.9 Å². The van der Waals surface area contributed by atoms with E-state index in [0.717, 1.165) is 39.7 Å². The number of hydrogen-bond acceptors (Lipinski definition) is 4. The molecule has 3 aromatic rings. The summed E-state index contributed by atoms with van der Waals surface area (Å²) in [4.78, 5) is 19.8. The topological polar surface area (TPSA) is 42.4 Å². The second-order valence-electron chi connectivity index (χ2n) is 6.60. The molecule has 4 nitrogen and oxygen atoms in total. The smallest absolute Gasteiger partial charge is 0.260 e. The zero-order chi connectivity index (χ0) is 19.0. The summed E-state index contributed by atoms with van der Waals surface area (Å²) in [7, 11) is 0. The van der Waals surface area contributed by atoms with Gasteiger partial charge in [-0.05, 0) is 49.6 Å². The van der Waals surface area contributed by atoms with Crippen LogP contribution in [-0.2, 0) is 4.74 Å². The largest absolute Gasteiger partial charge is 0.376 e. The van der Waals surface area contributed by atoms with Crippen LogP contribution in [0.25, 0.3) is 10.2 Å². The fourth-order valence-corrected chi connectivity index (χ4v) is 4.95. The van der Waals surface area contributed by atoms with Gasteiger partial charge in [-0.25, -0.2) is 4.98 Å². The molecule has 1 amide bonds. The lowest BCUT2D eigenvalue weighted by molar-refractivity contribution is 0.0917.